The molecule has 0 spiro atoms. The molecule has 0 atom stereocenters. The number of oxime groups is 1. The van der Waals surface area contributed by atoms with Gasteiger partial charge in [0.15, 0.2) is 0 Å². The van der Waals surface area contributed by atoms with E-state index in [-0.39, 0.29) is 5.60 Å². The van der Waals surface area contributed by atoms with E-state index in [1.807, 2.05) is 45.0 Å². The van der Waals surface area contributed by atoms with Crippen LogP contribution in [0.5, 0.6) is 0 Å². The Morgan fingerprint density at radius 2 is 1.87 bits per heavy atom. The Bertz CT molecular complexity index is 322. The maximum Gasteiger partial charge on any atom is 0.129 e. The SMILES string of the molecule is CC(C)(C)ON=CCc1ccc(N)cc1. The molecule has 0 bridgehead atoms. The zero-order valence-corrected chi connectivity index (χ0v) is 9.53. The third-order valence-corrected chi connectivity index (χ3v) is 1.71. The second kappa shape index (κ2) is 4.82. The molecule has 0 amide bonds. The molecule has 0 aliphatic carbocycles. The van der Waals surface area contributed by atoms with Crippen molar-refractivity contribution in [2.24, 2.45) is 5.16 Å². The van der Waals surface area contributed by atoms with E-state index in [4.69, 9.17) is 10.6 Å². The Morgan fingerprint density at radius 3 is 2.40 bits per heavy atom. The number of nitrogen functional groups attached to an aromatic ring is 1. The lowest BCUT2D eigenvalue weighted by atomic mass is 10.1. The van der Waals surface area contributed by atoms with Gasteiger partial charge in [0.25, 0.3) is 0 Å². The van der Waals surface area contributed by atoms with Gasteiger partial charge in [0, 0.05) is 18.3 Å². The molecule has 1 rings (SSSR count). The summed E-state index contributed by atoms with van der Waals surface area (Å²) in [5.74, 6) is 0. The zero-order valence-electron chi connectivity index (χ0n) is 9.53. The quantitative estimate of drug-likeness (QED) is 0.469. The predicted molar refractivity (Wildman–Crippen MR) is 63.9 cm³/mol. The van der Waals surface area contributed by atoms with E-state index < -0.39 is 0 Å². The van der Waals surface area contributed by atoms with Gasteiger partial charge in [-0.1, -0.05) is 17.3 Å². The predicted octanol–water partition coefficient (Wildman–Crippen LogP) is 2.61. The first-order valence-corrected chi connectivity index (χ1v) is 5.02. The molecule has 3 nitrogen and oxygen atoms in total. The van der Waals surface area contributed by atoms with Gasteiger partial charge in [-0.2, -0.15) is 0 Å². The largest absolute Gasteiger partial charge is 0.399 e. The molecule has 0 aromatic heterocycles. The van der Waals surface area contributed by atoms with Crippen LogP contribution in [-0.2, 0) is 11.3 Å². The summed E-state index contributed by atoms with van der Waals surface area (Å²) in [6, 6.07) is 7.73. The van der Waals surface area contributed by atoms with E-state index in [0.29, 0.717) is 0 Å². The molecule has 15 heavy (non-hydrogen) atoms. The van der Waals surface area contributed by atoms with E-state index in [0.717, 1.165) is 12.1 Å². The van der Waals surface area contributed by atoms with Gasteiger partial charge in [-0.25, -0.2) is 0 Å². The minimum atomic E-state index is -0.225. The molecule has 1 aromatic rings. The summed E-state index contributed by atoms with van der Waals surface area (Å²) >= 11 is 0. The van der Waals surface area contributed by atoms with Crippen LogP contribution >= 0.6 is 0 Å². The minimum absolute atomic E-state index is 0.225. The van der Waals surface area contributed by atoms with E-state index in [2.05, 4.69) is 5.16 Å². The molecule has 0 unspecified atom stereocenters. The third-order valence-electron chi connectivity index (χ3n) is 1.71. The molecule has 0 saturated heterocycles. The van der Waals surface area contributed by atoms with Crippen LogP contribution in [0.25, 0.3) is 0 Å². The minimum Gasteiger partial charge on any atom is -0.399 e. The number of benzene rings is 1. The molecular weight excluding hydrogens is 188 g/mol. The molecule has 3 heteroatoms. The highest BCUT2D eigenvalue weighted by Gasteiger charge is 2.08. The number of nitrogens with zero attached hydrogens (tertiary/aromatic N) is 1. The highest BCUT2D eigenvalue weighted by molar-refractivity contribution is 5.61. The molecule has 0 heterocycles. The number of anilines is 1. The fraction of sp³-hybridized carbons (Fsp3) is 0.417. The maximum atomic E-state index is 5.58. The molecule has 2 N–H and O–H groups in total. The number of hydrogen-bond donors (Lipinski definition) is 1. The molecule has 0 saturated carbocycles. The fourth-order valence-corrected chi connectivity index (χ4v) is 0.992. The van der Waals surface area contributed by atoms with E-state index in [9.17, 15) is 0 Å². The van der Waals surface area contributed by atoms with Gasteiger partial charge in [-0.05, 0) is 38.5 Å². The lowest BCUT2D eigenvalue weighted by Crippen LogP contribution is -2.15. The average molecular weight is 206 g/mol. The molecule has 0 aliphatic heterocycles. The summed E-state index contributed by atoms with van der Waals surface area (Å²) < 4.78 is 0. The highest BCUT2D eigenvalue weighted by atomic mass is 16.6. The van der Waals surface area contributed by atoms with Crippen molar-refractivity contribution in [1.29, 1.82) is 0 Å². The van der Waals surface area contributed by atoms with Gasteiger partial charge in [-0.3, -0.25) is 0 Å². The lowest BCUT2D eigenvalue weighted by molar-refractivity contribution is 0.00165. The molecular formula is C12H18N2O. The van der Waals surface area contributed by atoms with Crippen LogP contribution in [0.15, 0.2) is 29.4 Å². The summed E-state index contributed by atoms with van der Waals surface area (Å²) in [6.45, 7) is 5.90. The van der Waals surface area contributed by atoms with Crippen molar-refractivity contribution in [2.45, 2.75) is 32.8 Å². The van der Waals surface area contributed by atoms with Crippen LogP contribution in [-0.4, -0.2) is 11.8 Å². The van der Waals surface area contributed by atoms with Crippen molar-refractivity contribution in [3.05, 3.63) is 29.8 Å². The van der Waals surface area contributed by atoms with Crippen molar-refractivity contribution in [3.8, 4) is 0 Å². The molecule has 0 fully saturated rings. The van der Waals surface area contributed by atoms with Crippen molar-refractivity contribution < 1.29 is 4.84 Å². The van der Waals surface area contributed by atoms with Crippen LogP contribution in [0.2, 0.25) is 0 Å². The van der Waals surface area contributed by atoms with Crippen LogP contribution in [0, 0.1) is 0 Å². The van der Waals surface area contributed by atoms with Crippen molar-refractivity contribution >= 4 is 11.9 Å². The highest BCUT2D eigenvalue weighted by Crippen LogP contribution is 2.07. The van der Waals surface area contributed by atoms with Crippen LogP contribution in [0.4, 0.5) is 5.69 Å². The zero-order chi connectivity index (χ0) is 11.3. The number of rotatable bonds is 3. The molecule has 0 aliphatic rings. The Balaban J connectivity index is 2.40. The van der Waals surface area contributed by atoms with Gasteiger partial charge in [-0.15, -0.1) is 0 Å². The van der Waals surface area contributed by atoms with Crippen LogP contribution in [0.1, 0.15) is 26.3 Å². The Morgan fingerprint density at radius 1 is 1.27 bits per heavy atom. The number of nitrogens with two attached hydrogens (primary N) is 1. The van der Waals surface area contributed by atoms with Gasteiger partial charge in [0.2, 0.25) is 0 Å². The summed E-state index contributed by atoms with van der Waals surface area (Å²) in [5.41, 5.74) is 7.31. The number of hydrogen-bond acceptors (Lipinski definition) is 3. The second-order valence-electron chi connectivity index (χ2n) is 4.44. The van der Waals surface area contributed by atoms with Crippen molar-refractivity contribution in [1.82, 2.24) is 0 Å². The topological polar surface area (TPSA) is 47.6 Å². The summed E-state index contributed by atoms with van der Waals surface area (Å²) in [5, 5.41) is 3.90. The van der Waals surface area contributed by atoms with Crippen LogP contribution in [0.3, 0.4) is 0 Å². The first kappa shape index (κ1) is 11.6. The fourth-order valence-electron chi connectivity index (χ4n) is 0.992. The van der Waals surface area contributed by atoms with Crippen molar-refractivity contribution in [3.63, 3.8) is 0 Å². The standard InChI is InChI=1S/C12H18N2O/c1-12(2,3)15-14-9-8-10-4-6-11(13)7-5-10/h4-7,9H,8,13H2,1-3H3. The van der Waals surface area contributed by atoms with Crippen molar-refractivity contribution in [2.75, 3.05) is 5.73 Å². The summed E-state index contributed by atoms with van der Waals surface area (Å²) in [6.07, 6.45) is 2.52. The first-order valence-electron chi connectivity index (χ1n) is 5.02. The second-order valence-corrected chi connectivity index (χ2v) is 4.44. The summed E-state index contributed by atoms with van der Waals surface area (Å²) in [7, 11) is 0. The molecule has 82 valence electrons. The Labute approximate surface area is 90.9 Å². The van der Waals surface area contributed by atoms with Gasteiger partial charge in [0.1, 0.15) is 5.60 Å². The Kier molecular flexibility index (Phi) is 3.72. The average Bonchev–Trinajstić information content (AvgIpc) is 2.14. The monoisotopic (exact) mass is 206 g/mol. The smallest absolute Gasteiger partial charge is 0.129 e. The van der Waals surface area contributed by atoms with Crippen LogP contribution < -0.4 is 5.73 Å². The lowest BCUT2D eigenvalue weighted by Gasteiger charge is -2.14. The Hall–Kier alpha value is -1.51. The van der Waals surface area contributed by atoms with Gasteiger partial charge in [0.05, 0.1) is 0 Å². The normalized spacial score (nSPS) is 11.9. The van der Waals surface area contributed by atoms with E-state index in [1.165, 1.54) is 5.56 Å². The molecule has 0 radical (unpaired) electrons. The summed E-state index contributed by atoms with van der Waals surface area (Å²) in [4.78, 5) is 5.22. The van der Waals surface area contributed by atoms with Gasteiger partial charge >= 0.3 is 0 Å². The third kappa shape index (κ3) is 5.05. The molecule has 1 aromatic carbocycles. The van der Waals surface area contributed by atoms with Gasteiger partial charge < -0.3 is 10.6 Å². The van der Waals surface area contributed by atoms with E-state index >= 15 is 0 Å². The first-order chi connectivity index (χ1) is 6.97. The van der Waals surface area contributed by atoms with E-state index in [1.54, 1.807) is 6.21 Å². The maximum absolute atomic E-state index is 5.58.